The van der Waals surface area contributed by atoms with Crippen molar-refractivity contribution in [2.45, 2.75) is 6.43 Å². The number of rotatable bonds is 3. The Kier molecular flexibility index (Phi) is 3.75. The Morgan fingerprint density at radius 3 is 2.88 bits per heavy atom. The van der Waals surface area contributed by atoms with Crippen LogP contribution in [0.5, 0.6) is 0 Å². The molecule has 9 heteroatoms. The fraction of sp³-hybridized carbons (Fsp3) is 0.250. The third-order valence-electron chi connectivity index (χ3n) is 4.01. The van der Waals surface area contributed by atoms with Crippen molar-refractivity contribution in [2.75, 3.05) is 24.5 Å². The number of imidazole rings is 1. The van der Waals surface area contributed by atoms with E-state index in [1.54, 1.807) is 24.5 Å². The zero-order valence-corrected chi connectivity index (χ0v) is 13.1. The normalized spacial score (nSPS) is 15.0. The number of piperazine rings is 1. The molecule has 25 heavy (non-hydrogen) atoms. The number of carbonyl (C=O) groups excluding carboxylic acids is 1. The molecule has 128 valence electrons. The maximum absolute atomic E-state index is 12.9. The van der Waals surface area contributed by atoms with E-state index in [1.165, 1.54) is 16.6 Å². The smallest absolute Gasteiger partial charge is 0.282 e. The molecule has 3 aromatic rings. The SMILES string of the molecule is O=C1CN(c2cc(-c3cnc4ccc(C(F)F)nn34)ccn2)CCN1. The topological polar surface area (TPSA) is 75.4 Å². The van der Waals surface area contributed by atoms with Gasteiger partial charge in [-0.25, -0.2) is 23.3 Å². The number of halogens is 2. The molecule has 1 N–H and O–H groups in total. The lowest BCUT2D eigenvalue weighted by atomic mass is 10.2. The van der Waals surface area contributed by atoms with E-state index in [2.05, 4.69) is 20.4 Å². The molecule has 1 aliphatic rings. The molecule has 0 aliphatic carbocycles. The van der Waals surface area contributed by atoms with Crippen LogP contribution in [0, 0.1) is 0 Å². The second kappa shape index (κ2) is 6.08. The highest BCUT2D eigenvalue weighted by atomic mass is 19.3. The van der Waals surface area contributed by atoms with Crippen LogP contribution in [0.4, 0.5) is 14.6 Å². The van der Waals surface area contributed by atoms with Gasteiger partial charge in [-0.15, -0.1) is 0 Å². The van der Waals surface area contributed by atoms with Crippen molar-refractivity contribution in [2.24, 2.45) is 0 Å². The van der Waals surface area contributed by atoms with Gasteiger partial charge in [0.05, 0.1) is 18.4 Å². The van der Waals surface area contributed by atoms with Gasteiger partial charge in [-0.1, -0.05) is 0 Å². The first kappa shape index (κ1) is 15.4. The fourth-order valence-corrected chi connectivity index (χ4v) is 2.79. The number of aromatic nitrogens is 4. The van der Waals surface area contributed by atoms with Crippen molar-refractivity contribution in [1.29, 1.82) is 0 Å². The molecule has 4 heterocycles. The maximum Gasteiger partial charge on any atom is 0.282 e. The Morgan fingerprint density at radius 1 is 1.20 bits per heavy atom. The second-order valence-corrected chi connectivity index (χ2v) is 5.65. The minimum absolute atomic E-state index is 0.0588. The number of hydrogen-bond acceptors (Lipinski definition) is 5. The maximum atomic E-state index is 12.9. The van der Waals surface area contributed by atoms with Crippen LogP contribution >= 0.6 is 0 Å². The molecule has 1 aliphatic heterocycles. The van der Waals surface area contributed by atoms with Gasteiger partial charge in [0, 0.05) is 24.8 Å². The van der Waals surface area contributed by atoms with E-state index >= 15 is 0 Å². The predicted octanol–water partition coefficient (Wildman–Crippen LogP) is 1.67. The largest absolute Gasteiger partial charge is 0.353 e. The molecular weight excluding hydrogens is 330 g/mol. The lowest BCUT2D eigenvalue weighted by Gasteiger charge is -2.27. The van der Waals surface area contributed by atoms with Gasteiger partial charge in [-0.2, -0.15) is 5.10 Å². The number of anilines is 1. The molecule has 0 spiro atoms. The third kappa shape index (κ3) is 2.88. The lowest BCUT2D eigenvalue weighted by molar-refractivity contribution is -0.120. The molecule has 0 radical (unpaired) electrons. The van der Waals surface area contributed by atoms with E-state index in [0.29, 0.717) is 30.2 Å². The van der Waals surface area contributed by atoms with Crippen molar-refractivity contribution in [3.63, 3.8) is 0 Å². The van der Waals surface area contributed by atoms with Crippen molar-refractivity contribution in [1.82, 2.24) is 24.9 Å². The molecule has 0 aromatic carbocycles. The standard InChI is InChI=1S/C16H14F2N6O/c17-16(18)11-1-2-13-21-8-12(24(13)22-11)10-3-4-19-14(7-10)23-6-5-20-15(25)9-23/h1-4,7-8,16H,5-6,9H2,(H,20,25). The number of amides is 1. The van der Waals surface area contributed by atoms with Crippen LogP contribution in [0.2, 0.25) is 0 Å². The van der Waals surface area contributed by atoms with E-state index in [4.69, 9.17) is 0 Å². The number of hydrogen-bond donors (Lipinski definition) is 1. The molecular formula is C16H14F2N6O. The van der Waals surface area contributed by atoms with E-state index in [0.717, 1.165) is 5.56 Å². The molecule has 4 rings (SSSR count). The zero-order valence-electron chi connectivity index (χ0n) is 13.1. The molecule has 1 saturated heterocycles. The van der Waals surface area contributed by atoms with Gasteiger partial charge in [-0.05, 0) is 24.3 Å². The van der Waals surface area contributed by atoms with Gasteiger partial charge in [-0.3, -0.25) is 4.79 Å². The van der Waals surface area contributed by atoms with Crippen LogP contribution in [-0.4, -0.2) is 45.1 Å². The minimum Gasteiger partial charge on any atom is -0.353 e. The number of pyridine rings is 1. The molecule has 3 aromatic heterocycles. The highest BCUT2D eigenvalue weighted by molar-refractivity contribution is 5.82. The summed E-state index contributed by atoms with van der Waals surface area (Å²) in [6.45, 7) is 1.44. The summed E-state index contributed by atoms with van der Waals surface area (Å²) in [5.74, 6) is 0.587. The average Bonchev–Trinajstić information content (AvgIpc) is 3.05. The van der Waals surface area contributed by atoms with Crippen LogP contribution < -0.4 is 10.2 Å². The van der Waals surface area contributed by atoms with Crippen molar-refractivity contribution in [3.05, 3.63) is 42.4 Å². The van der Waals surface area contributed by atoms with E-state index in [1.807, 2.05) is 4.90 Å². The van der Waals surface area contributed by atoms with Crippen LogP contribution in [0.15, 0.2) is 36.7 Å². The molecule has 0 unspecified atom stereocenters. The Bertz CT molecular complexity index is 941. The zero-order chi connectivity index (χ0) is 17.4. The van der Waals surface area contributed by atoms with Gasteiger partial charge in [0.2, 0.25) is 5.91 Å². The molecule has 7 nitrogen and oxygen atoms in total. The fourth-order valence-electron chi connectivity index (χ4n) is 2.79. The highest BCUT2D eigenvalue weighted by Crippen LogP contribution is 2.25. The van der Waals surface area contributed by atoms with Crippen LogP contribution in [0.1, 0.15) is 12.1 Å². The predicted molar refractivity (Wildman–Crippen MR) is 86.4 cm³/mol. The van der Waals surface area contributed by atoms with Gasteiger partial charge in [0.1, 0.15) is 11.5 Å². The summed E-state index contributed by atoms with van der Waals surface area (Å²) in [6, 6.07) is 6.34. The van der Waals surface area contributed by atoms with E-state index < -0.39 is 6.43 Å². The van der Waals surface area contributed by atoms with E-state index in [9.17, 15) is 13.6 Å². The lowest BCUT2D eigenvalue weighted by Crippen LogP contribution is -2.48. The summed E-state index contributed by atoms with van der Waals surface area (Å²) in [5.41, 5.74) is 1.49. The summed E-state index contributed by atoms with van der Waals surface area (Å²) in [7, 11) is 0. The Balaban J connectivity index is 1.74. The monoisotopic (exact) mass is 344 g/mol. The molecule has 1 fully saturated rings. The summed E-state index contributed by atoms with van der Waals surface area (Å²) in [4.78, 5) is 21.9. The number of alkyl halides is 2. The van der Waals surface area contributed by atoms with Gasteiger partial charge >= 0.3 is 0 Å². The summed E-state index contributed by atoms with van der Waals surface area (Å²) in [5, 5.41) is 6.73. The van der Waals surface area contributed by atoms with Crippen LogP contribution in [0.25, 0.3) is 16.9 Å². The van der Waals surface area contributed by atoms with Crippen LogP contribution in [0.3, 0.4) is 0 Å². The number of carbonyl (C=O) groups is 1. The van der Waals surface area contributed by atoms with Gasteiger partial charge in [0.15, 0.2) is 5.65 Å². The molecule has 1 amide bonds. The van der Waals surface area contributed by atoms with Crippen molar-refractivity contribution < 1.29 is 13.6 Å². The first-order valence-electron chi connectivity index (χ1n) is 7.73. The number of fused-ring (bicyclic) bond motifs is 1. The number of nitrogens with zero attached hydrogens (tertiary/aromatic N) is 5. The van der Waals surface area contributed by atoms with E-state index in [-0.39, 0.29) is 18.1 Å². The second-order valence-electron chi connectivity index (χ2n) is 5.65. The Morgan fingerprint density at radius 2 is 2.08 bits per heavy atom. The first-order valence-corrected chi connectivity index (χ1v) is 7.73. The van der Waals surface area contributed by atoms with Crippen molar-refractivity contribution >= 4 is 17.4 Å². The summed E-state index contributed by atoms with van der Waals surface area (Å²) < 4.78 is 27.2. The molecule has 0 saturated carbocycles. The van der Waals surface area contributed by atoms with Gasteiger partial charge in [0.25, 0.3) is 6.43 Å². The molecule has 0 bridgehead atoms. The minimum atomic E-state index is -2.65. The highest BCUT2D eigenvalue weighted by Gasteiger charge is 2.19. The van der Waals surface area contributed by atoms with Crippen molar-refractivity contribution in [3.8, 4) is 11.3 Å². The summed E-state index contributed by atoms with van der Waals surface area (Å²) in [6.07, 6.45) is 0.548. The van der Waals surface area contributed by atoms with Crippen LogP contribution in [-0.2, 0) is 4.79 Å². The van der Waals surface area contributed by atoms with Gasteiger partial charge < -0.3 is 10.2 Å². The number of nitrogens with one attached hydrogen (secondary N) is 1. The Labute approximate surface area is 141 Å². The first-order chi connectivity index (χ1) is 12.1. The third-order valence-corrected chi connectivity index (χ3v) is 4.01. The Hall–Kier alpha value is -3.10. The molecule has 0 atom stereocenters. The summed E-state index contributed by atoms with van der Waals surface area (Å²) >= 11 is 0. The average molecular weight is 344 g/mol. The quantitative estimate of drug-likeness (QED) is 0.782.